The van der Waals surface area contributed by atoms with Crippen molar-refractivity contribution in [3.63, 3.8) is 0 Å². The van der Waals surface area contributed by atoms with Gasteiger partial charge in [-0.2, -0.15) is 0 Å². The first-order valence-corrected chi connectivity index (χ1v) is 8.04. The van der Waals surface area contributed by atoms with Crippen LogP contribution in [-0.4, -0.2) is 40.4 Å². The number of nitro benzene ring substituents is 1. The van der Waals surface area contributed by atoms with E-state index >= 15 is 0 Å². The number of nitro groups is 1. The van der Waals surface area contributed by atoms with Gasteiger partial charge in [-0.05, 0) is 52.2 Å². The molecule has 0 radical (unpaired) electrons. The average Bonchev–Trinajstić information content (AvgIpc) is 2.51. The molecule has 0 spiro atoms. The van der Waals surface area contributed by atoms with Gasteiger partial charge in [-0.3, -0.25) is 14.9 Å². The second-order valence-corrected chi connectivity index (χ2v) is 6.26. The highest BCUT2D eigenvalue weighted by molar-refractivity contribution is 5.92. The number of carbonyl (C=O) groups is 2. The highest BCUT2D eigenvalue weighted by Gasteiger charge is 2.29. The Bertz CT molecular complexity index is 648. The Morgan fingerprint density at radius 3 is 2.46 bits per heavy atom. The van der Waals surface area contributed by atoms with E-state index in [-0.39, 0.29) is 35.8 Å². The van der Waals surface area contributed by atoms with Crippen LogP contribution in [0.3, 0.4) is 0 Å². The monoisotopic (exact) mass is 334 g/mol. The fourth-order valence-corrected chi connectivity index (χ4v) is 3.19. The third-order valence-corrected chi connectivity index (χ3v) is 4.44. The zero-order valence-electron chi connectivity index (χ0n) is 14.2. The zero-order chi connectivity index (χ0) is 17.9. The van der Waals surface area contributed by atoms with Gasteiger partial charge in [0.1, 0.15) is 0 Å². The van der Waals surface area contributed by atoms with Crippen LogP contribution >= 0.6 is 0 Å². The number of piperidine rings is 1. The van der Waals surface area contributed by atoms with Crippen molar-refractivity contribution in [1.82, 2.24) is 4.90 Å². The van der Waals surface area contributed by atoms with Crippen molar-refractivity contribution in [2.24, 2.45) is 0 Å². The van der Waals surface area contributed by atoms with E-state index in [1.807, 2.05) is 13.8 Å². The lowest BCUT2D eigenvalue weighted by Crippen LogP contribution is -2.49. The molecule has 1 amide bonds. The van der Waals surface area contributed by atoms with Crippen LogP contribution in [-0.2, 0) is 9.53 Å². The number of hydrogen-bond acceptors (Lipinski definition) is 5. The first-order valence-electron chi connectivity index (χ1n) is 8.04. The molecule has 1 saturated heterocycles. The number of benzene rings is 1. The third-order valence-electron chi connectivity index (χ3n) is 4.44. The van der Waals surface area contributed by atoms with Crippen LogP contribution < -0.4 is 0 Å². The number of aryl methyl sites for hydroxylation is 1. The molecule has 2 atom stereocenters. The van der Waals surface area contributed by atoms with Gasteiger partial charge in [0.15, 0.2) is 6.61 Å². The van der Waals surface area contributed by atoms with Crippen molar-refractivity contribution in [2.75, 3.05) is 6.61 Å². The predicted octanol–water partition coefficient (Wildman–Crippen LogP) is 2.85. The second kappa shape index (κ2) is 7.42. The van der Waals surface area contributed by atoms with E-state index < -0.39 is 10.9 Å². The van der Waals surface area contributed by atoms with E-state index in [0.29, 0.717) is 5.56 Å². The smallest absolute Gasteiger partial charge is 0.338 e. The first-order chi connectivity index (χ1) is 11.3. The molecule has 0 bridgehead atoms. The van der Waals surface area contributed by atoms with Crippen molar-refractivity contribution in [2.45, 2.75) is 52.1 Å². The Kier molecular flexibility index (Phi) is 5.54. The molecule has 1 aromatic carbocycles. The number of likely N-dealkylation sites (tertiary alicyclic amines) is 1. The van der Waals surface area contributed by atoms with Gasteiger partial charge in [0, 0.05) is 23.7 Å². The van der Waals surface area contributed by atoms with Crippen LogP contribution in [0.1, 0.15) is 49.0 Å². The lowest BCUT2D eigenvalue weighted by molar-refractivity contribution is -0.385. The molecule has 1 aliphatic rings. The standard InChI is InChI=1S/C17H22N2O5/c1-11-9-14(7-8-15(11)19(22)23)17(21)24-10-16(20)18-12(2)5-4-6-13(18)3/h7-9,12-13H,4-6,10H2,1-3H3. The number of ether oxygens (including phenoxy) is 1. The minimum Gasteiger partial charge on any atom is -0.452 e. The molecule has 7 nitrogen and oxygen atoms in total. The SMILES string of the molecule is Cc1cc(C(=O)OCC(=O)N2C(C)CCCC2C)ccc1[N+](=O)[O-]. The number of nitrogens with zero attached hydrogens (tertiary/aromatic N) is 2. The van der Waals surface area contributed by atoms with Crippen molar-refractivity contribution in [1.29, 1.82) is 0 Å². The quantitative estimate of drug-likeness (QED) is 0.480. The number of esters is 1. The van der Waals surface area contributed by atoms with E-state index in [2.05, 4.69) is 0 Å². The molecule has 0 saturated carbocycles. The predicted molar refractivity (Wildman–Crippen MR) is 87.7 cm³/mol. The molecule has 0 aromatic heterocycles. The van der Waals surface area contributed by atoms with Gasteiger partial charge in [0.25, 0.3) is 11.6 Å². The Labute approximate surface area is 140 Å². The molecule has 24 heavy (non-hydrogen) atoms. The topological polar surface area (TPSA) is 89.8 Å². The van der Waals surface area contributed by atoms with E-state index in [0.717, 1.165) is 19.3 Å². The van der Waals surface area contributed by atoms with Crippen molar-refractivity contribution in [3.05, 3.63) is 39.4 Å². The lowest BCUT2D eigenvalue weighted by atomic mass is 9.97. The summed E-state index contributed by atoms with van der Waals surface area (Å²) in [5, 5.41) is 10.8. The summed E-state index contributed by atoms with van der Waals surface area (Å²) in [4.78, 5) is 36.5. The lowest BCUT2D eigenvalue weighted by Gasteiger charge is -2.38. The van der Waals surface area contributed by atoms with E-state index in [4.69, 9.17) is 4.74 Å². The van der Waals surface area contributed by atoms with Gasteiger partial charge >= 0.3 is 5.97 Å². The van der Waals surface area contributed by atoms with Gasteiger partial charge in [0.05, 0.1) is 10.5 Å². The fourth-order valence-electron chi connectivity index (χ4n) is 3.19. The zero-order valence-corrected chi connectivity index (χ0v) is 14.2. The molecular weight excluding hydrogens is 312 g/mol. The van der Waals surface area contributed by atoms with Gasteiger partial charge in [-0.25, -0.2) is 4.79 Å². The van der Waals surface area contributed by atoms with Crippen LogP contribution in [0.4, 0.5) is 5.69 Å². The summed E-state index contributed by atoms with van der Waals surface area (Å²) >= 11 is 0. The highest BCUT2D eigenvalue weighted by Crippen LogP contribution is 2.23. The van der Waals surface area contributed by atoms with Crippen LogP contribution in [0.2, 0.25) is 0 Å². The summed E-state index contributed by atoms with van der Waals surface area (Å²) < 4.78 is 5.10. The summed E-state index contributed by atoms with van der Waals surface area (Å²) in [6, 6.07) is 4.28. The summed E-state index contributed by atoms with van der Waals surface area (Å²) in [5.41, 5.74) is 0.517. The maximum Gasteiger partial charge on any atom is 0.338 e. The van der Waals surface area contributed by atoms with Crippen LogP contribution in [0.25, 0.3) is 0 Å². The van der Waals surface area contributed by atoms with Crippen LogP contribution in [0, 0.1) is 17.0 Å². The molecule has 1 aromatic rings. The Balaban J connectivity index is 1.99. The second-order valence-electron chi connectivity index (χ2n) is 6.26. The van der Waals surface area contributed by atoms with E-state index in [9.17, 15) is 19.7 Å². The molecular formula is C17H22N2O5. The fraction of sp³-hybridized carbons (Fsp3) is 0.529. The molecule has 0 N–H and O–H groups in total. The molecule has 1 aliphatic heterocycles. The molecule has 0 aliphatic carbocycles. The van der Waals surface area contributed by atoms with Gasteiger partial charge < -0.3 is 9.64 Å². The van der Waals surface area contributed by atoms with Gasteiger partial charge in [-0.1, -0.05) is 0 Å². The van der Waals surface area contributed by atoms with E-state index in [1.54, 1.807) is 11.8 Å². The van der Waals surface area contributed by atoms with Gasteiger partial charge in [0.2, 0.25) is 0 Å². The van der Waals surface area contributed by atoms with Crippen molar-refractivity contribution >= 4 is 17.6 Å². The summed E-state index contributed by atoms with van der Waals surface area (Å²) in [6.07, 6.45) is 2.99. The Morgan fingerprint density at radius 2 is 1.92 bits per heavy atom. The molecule has 130 valence electrons. The Hall–Kier alpha value is -2.44. The molecule has 1 heterocycles. The molecule has 2 unspecified atom stereocenters. The van der Waals surface area contributed by atoms with Gasteiger partial charge in [-0.15, -0.1) is 0 Å². The summed E-state index contributed by atoms with van der Waals surface area (Å²) in [6.45, 7) is 5.23. The first kappa shape index (κ1) is 17.9. The minimum atomic E-state index is -0.654. The minimum absolute atomic E-state index is 0.0569. The number of rotatable bonds is 4. The molecule has 2 rings (SSSR count). The summed E-state index contributed by atoms with van der Waals surface area (Å²) in [7, 11) is 0. The Morgan fingerprint density at radius 1 is 1.29 bits per heavy atom. The third kappa shape index (κ3) is 3.90. The molecule has 1 fully saturated rings. The number of hydrogen-bond donors (Lipinski definition) is 0. The normalized spacial score (nSPS) is 20.5. The maximum absolute atomic E-state index is 12.3. The van der Waals surface area contributed by atoms with E-state index in [1.165, 1.54) is 18.2 Å². The molecule has 7 heteroatoms. The van der Waals surface area contributed by atoms with Crippen LogP contribution in [0.5, 0.6) is 0 Å². The largest absolute Gasteiger partial charge is 0.452 e. The highest BCUT2D eigenvalue weighted by atomic mass is 16.6. The van der Waals surface area contributed by atoms with Crippen molar-refractivity contribution < 1.29 is 19.2 Å². The number of amides is 1. The average molecular weight is 334 g/mol. The van der Waals surface area contributed by atoms with Crippen LogP contribution in [0.15, 0.2) is 18.2 Å². The summed E-state index contributed by atoms with van der Waals surface area (Å²) in [5.74, 6) is -0.861. The number of carbonyl (C=O) groups excluding carboxylic acids is 2. The van der Waals surface area contributed by atoms with Crippen molar-refractivity contribution in [3.8, 4) is 0 Å². The maximum atomic E-state index is 12.3.